The lowest BCUT2D eigenvalue weighted by Crippen LogP contribution is -2.50. The van der Waals surface area contributed by atoms with Crippen LogP contribution in [0.1, 0.15) is 219 Å². The lowest BCUT2D eigenvalue weighted by atomic mass is 9.59. The predicted molar refractivity (Wildman–Crippen MR) is 308 cm³/mol. The van der Waals surface area contributed by atoms with Gasteiger partial charge in [-0.25, -0.2) is 19.4 Å². The molecule has 13 heteroatoms. The van der Waals surface area contributed by atoms with Crippen molar-refractivity contribution in [3.63, 3.8) is 0 Å². The molecular formula is C62H100N4O8S. The summed E-state index contributed by atoms with van der Waals surface area (Å²) >= 11 is 1.41. The normalized spacial score (nSPS) is 25.0. The molecule has 2 amide bonds. The minimum Gasteiger partial charge on any atom is -0.462 e. The Kier molecular flexibility index (Phi) is 20.5. The number of thioether (sulfide) groups is 1. The summed E-state index contributed by atoms with van der Waals surface area (Å²) in [5.41, 5.74) is 1.48. The van der Waals surface area contributed by atoms with Gasteiger partial charge in [0.25, 0.3) is 0 Å². The fourth-order valence-corrected chi connectivity index (χ4v) is 12.3. The maximum atomic E-state index is 15.4. The topological polar surface area (TPSA) is 165 Å². The minimum atomic E-state index is -0.815. The second-order valence-electron chi connectivity index (χ2n) is 28.5. The second-order valence-corrected chi connectivity index (χ2v) is 30.0. The number of carbonyl (C=O) groups is 5. The molecule has 3 aliphatic rings. The molecule has 12 nitrogen and oxygen atoms in total. The molecule has 0 radical (unpaired) electrons. The zero-order chi connectivity index (χ0) is 57.2. The molecule has 2 saturated carbocycles. The van der Waals surface area contributed by atoms with Gasteiger partial charge in [-0.15, -0.1) is 11.8 Å². The van der Waals surface area contributed by atoms with E-state index in [1.807, 2.05) is 54.5 Å². The number of aliphatic imine (C=N–C) groups is 1. The van der Waals surface area contributed by atoms with Crippen molar-refractivity contribution in [2.45, 2.75) is 215 Å². The summed E-state index contributed by atoms with van der Waals surface area (Å²) in [6.45, 7) is 51.9. The molecule has 2 fully saturated rings. The number of aromatic nitrogens is 1. The summed E-state index contributed by atoms with van der Waals surface area (Å²) in [5.74, 6) is -0.599. The molecule has 3 N–H and O–H groups in total. The standard InChI is InChI=1S/C62H100N4O8S/c1-33(2)45-43(32-44-46(34(3)4)48(52(64-44)66-57(71)62(22,23)24)56(70)74-50-41(60(16,17)18)30-37(8)31-42(50)61(19,20)21)63-51(65-53(67)38(9)75-27-25-26-72-54(68)35(5)6)47(45)55(69)73-49-39(58(10,11)12)28-36(7)29-40(49)59(13,14)15/h32-34,36-42,49-50,63H,5,25-31H2,1-4,6-24H3,(H,65,67)(H,64,66,71). The Labute approximate surface area is 457 Å². The molecule has 1 aromatic rings. The van der Waals surface area contributed by atoms with E-state index < -0.39 is 34.7 Å². The maximum absolute atomic E-state index is 15.4. The van der Waals surface area contributed by atoms with Gasteiger partial charge < -0.3 is 29.8 Å². The highest BCUT2D eigenvalue weighted by atomic mass is 32.2. The van der Waals surface area contributed by atoms with E-state index in [1.165, 1.54) is 11.8 Å². The Balaban J connectivity index is 1.97. The average Bonchev–Trinajstić information content (AvgIpc) is 3.79. The van der Waals surface area contributed by atoms with Gasteiger partial charge in [-0.3, -0.25) is 9.59 Å². The van der Waals surface area contributed by atoms with Crippen molar-refractivity contribution >= 4 is 59.2 Å². The van der Waals surface area contributed by atoms with Crippen LogP contribution in [0.5, 0.6) is 0 Å². The van der Waals surface area contributed by atoms with E-state index in [2.05, 4.69) is 119 Å². The number of nitrogens with one attached hydrogen (secondary N) is 3. The number of nitrogens with zero attached hydrogens (tertiary/aromatic N) is 1. The molecule has 0 saturated heterocycles. The molecule has 0 aromatic carbocycles. The van der Waals surface area contributed by atoms with E-state index in [0.29, 0.717) is 52.1 Å². The summed E-state index contributed by atoms with van der Waals surface area (Å²) in [6.07, 6.45) is 5.25. The summed E-state index contributed by atoms with van der Waals surface area (Å²) in [6, 6.07) is 0. The van der Waals surface area contributed by atoms with Gasteiger partial charge in [-0.1, -0.05) is 152 Å². The Morgan fingerprint density at radius 3 is 1.56 bits per heavy atom. The number of carbonyl (C=O) groups excluding carboxylic acids is 5. The highest BCUT2D eigenvalue weighted by Crippen LogP contribution is 2.52. The van der Waals surface area contributed by atoms with Crippen LogP contribution in [0.25, 0.3) is 6.08 Å². The molecule has 0 spiro atoms. The lowest BCUT2D eigenvalue weighted by Gasteiger charge is -2.50. The first-order chi connectivity index (χ1) is 34.2. The molecule has 75 heavy (non-hydrogen) atoms. The van der Waals surface area contributed by atoms with E-state index >= 15 is 9.59 Å². The van der Waals surface area contributed by atoms with Crippen LogP contribution in [-0.4, -0.2) is 70.4 Å². The van der Waals surface area contributed by atoms with Crippen molar-refractivity contribution in [3.8, 4) is 0 Å². The van der Waals surface area contributed by atoms with E-state index in [9.17, 15) is 14.4 Å². The van der Waals surface area contributed by atoms with E-state index in [4.69, 9.17) is 19.2 Å². The molecule has 1 aromatic heterocycles. The Morgan fingerprint density at radius 1 is 0.707 bits per heavy atom. The van der Waals surface area contributed by atoms with Crippen LogP contribution < -0.4 is 10.6 Å². The number of ether oxygens (including phenoxy) is 3. The summed E-state index contributed by atoms with van der Waals surface area (Å²) in [4.78, 5) is 79.5. The van der Waals surface area contributed by atoms with Crippen LogP contribution in [0.4, 0.5) is 5.82 Å². The van der Waals surface area contributed by atoms with E-state index in [1.54, 1.807) is 13.8 Å². The SMILES string of the molecule is C=C(C)C(=O)OCCCSC(C)C(=O)Nc1[nH]c(C=C2N=C(NC(=O)C(C)(C)C)C(C(=O)OC3C(C(C)(C)C)CC(C)CC3C(C)(C)C)=C2C(C)C)c(C(C)C)c1C(=O)OC1C(C(C)(C)C)CC(C)CC1C(C)(C)C. The van der Waals surface area contributed by atoms with Crippen LogP contribution in [-0.2, 0) is 33.4 Å². The molecule has 5 atom stereocenters. The van der Waals surface area contributed by atoms with Gasteiger partial charge in [-0.2, -0.15) is 0 Å². The molecule has 2 heterocycles. The molecule has 2 aliphatic carbocycles. The van der Waals surface area contributed by atoms with E-state index in [0.717, 1.165) is 25.7 Å². The highest BCUT2D eigenvalue weighted by Gasteiger charge is 2.51. The zero-order valence-corrected chi connectivity index (χ0v) is 51.5. The molecule has 1 aliphatic heterocycles. The molecule has 0 bridgehead atoms. The van der Waals surface area contributed by atoms with Gasteiger partial charge in [0, 0.05) is 40.4 Å². The first-order valence-electron chi connectivity index (χ1n) is 28.0. The van der Waals surface area contributed by atoms with Gasteiger partial charge in [0.15, 0.2) is 0 Å². The fraction of sp³-hybridized carbons (Fsp3) is 0.742. The van der Waals surface area contributed by atoms with E-state index in [-0.39, 0.29) is 104 Å². The van der Waals surface area contributed by atoms with Crippen LogP contribution >= 0.6 is 11.8 Å². The van der Waals surface area contributed by atoms with Crippen molar-refractivity contribution in [1.82, 2.24) is 10.3 Å². The summed E-state index contributed by atoms with van der Waals surface area (Å²) in [5, 5.41) is 5.60. The predicted octanol–water partition coefficient (Wildman–Crippen LogP) is 14.5. The van der Waals surface area contributed by atoms with Crippen molar-refractivity contribution in [3.05, 3.63) is 45.8 Å². The quantitative estimate of drug-likeness (QED) is 0.0671. The molecular weight excluding hydrogens is 961 g/mol. The molecule has 4 rings (SSSR count). The van der Waals surface area contributed by atoms with Crippen LogP contribution in [0.15, 0.2) is 34.0 Å². The number of esters is 3. The number of hydrogen-bond acceptors (Lipinski definition) is 10. The smallest absolute Gasteiger partial charge is 0.342 e. The van der Waals surface area contributed by atoms with Gasteiger partial charge >= 0.3 is 17.9 Å². The largest absolute Gasteiger partial charge is 0.462 e. The minimum absolute atomic E-state index is 0.0717. The monoisotopic (exact) mass is 1060 g/mol. The van der Waals surface area contributed by atoms with Crippen molar-refractivity contribution in [2.24, 2.45) is 73.5 Å². The third-order valence-corrected chi connectivity index (χ3v) is 17.1. The third-order valence-electron chi connectivity index (χ3n) is 15.8. The number of hydrogen-bond donors (Lipinski definition) is 3. The third kappa shape index (κ3) is 16.0. The summed E-state index contributed by atoms with van der Waals surface area (Å²) in [7, 11) is 0. The number of allylic oxidation sites excluding steroid dienone is 1. The Hall–Kier alpha value is -4.13. The number of rotatable bonds is 15. The number of aromatic amines is 1. The first-order valence-corrected chi connectivity index (χ1v) is 29.0. The average molecular weight is 1060 g/mol. The lowest BCUT2D eigenvalue weighted by molar-refractivity contribution is -0.164. The Bertz CT molecular complexity index is 2320. The maximum Gasteiger partial charge on any atom is 0.342 e. The van der Waals surface area contributed by atoms with Gasteiger partial charge in [0.1, 0.15) is 35.0 Å². The van der Waals surface area contributed by atoms with Gasteiger partial charge in [-0.05, 0) is 114 Å². The van der Waals surface area contributed by atoms with Crippen molar-refractivity contribution in [2.75, 3.05) is 17.7 Å². The number of amidine groups is 1. The van der Waals surface area contributed by atoms with Gasteiger partial charge in [0.05, 0.1) is 17.6 Å². The van der Waals surface area contributed by atoms with Crippen molar-refractivity contribution < 1.29 is 38.2 Å². The summed E-state index contributed by atoms with van der Waals surface area (Å²) < 4.78 is 19.1. The first kappa shape index (κ1) is 63.4. The zero-order valence-electron chi connectivity index (χ0n) is 50.7. The van der Waals surface area contributed by atoms with Crippen LogP contribution in [0.2, 0.25) is 0 Å². The number of anilines is 1. The van der Waals surface area contributed by atoms with Gasteiger partial charge in [0.2, 0.25) is 11.8 Å². The fourth-order valence-electron chi connectivity index (χ4n) is 11.5. The number of H-pyrrole nitrogens is 1. The molecule has 5 unspecified atom stereocenters. The van der Waals surface area contributed by atoms with Crippen LogP contribution in [0.3, 0.4) is 0 Å². The van der Waals surface area contributed by atoms with Crippen LogP contribution in [0, 0.1) is 68.5 Å². The highest BCUT2D eigenvalue weighted by molar-refractivity contribution is 8.00. The number of amides is 2. The second kappa shape index (κ2) is 24.3. The Morgan fingerprint density at radius 2 is 1.16 bits per heavy atom. The van der Waals surface area contributed by atoms with Crippen molar-refractivity contribution in [1.29, 1.82) is 0 Å². The molecule has 422 valence electrons.